The van der Waals surface area contributed by atoms with Gasteiger partial charge in [0, 0.05) is 5.39 Å². The summed E-state index contributed by atoms with van der Waals surface area (Å²) in [5.74, 6) is 0. The number of nitrogens with zero attached hydrogens (tertiary/aromatic N) is 2. The van der Waals surface area contributed by atoms with Crippen LogP contribution in [0.4, 0.5) is 0 Å². The summed E-state index contributed by atoms with van der Waals surface area (Å²) in [7, 11) is -1.44. The minimum absolute atomic E-state index is 0.478. The summed E-state index contributed by atoms with van der Waals surface area (Å²) in [5.41, 5.74) is 2.64. The van der Waals surface area contributed by atoms with Crippen LogP contribution in [0.15, 0.2) is 54.7 Å². The average molecular weight is 252 g/mol. The van der Waals surface area contributed by atoms with E-state index in [-0.39, 0.29) is 0 Å². The SMILES string of the molecule is OB(O)c1ccc2c(cnn2Cc2ccccc2)c1. The number of hydrogen-bond donors (Lipinski definition) is 2. The normalized spacial score (nSPS) is 10.8. The van der Waals surface area contributed by atoms with E-state index in [1.807, 2.05) is 28.9 Å². The zero-order valence-corrected chi connectivity index (χ0v) is 10.3. The third-order valence-corrected chi connectivity index (χ3v) is 3.14. The molecular weight excluding hydrogens is 239 g/mol. The van der Waals surface area contributed by atoms with Crippen LogP contribution in [0.25, 0.3) is 10.9 Å². The van der Waals surface area contributed by atoms with Crippen LogP contribution in [0.1, 0.15) is 5.56 Å². The van der Waals surface area contributed by atoms with Crippen molar-refractivity contribution < 1.29 is 10.0 Å². The smallest absolute Gasteiger partial charge is 0.423 e. The van der Waals surface area contributed by atoms with E-state index >= 15 is 0 Å². The fourth-order valence-corrected chi connectivity index (χ4v) is 2.15. The molecule has 3 rings (SSSR count). The number of fused-ring (bicyclic) bond motifs is 1. The first-order valence-corrected chi connectivity index (χ1v) is 6.09. The van der Waals surface area contributed by atoms with E-state index < -0.39 is 7.12 Å². The molecule has 3 aromatic rings. The van der Waals surface area contributed by atoms with E-state index in [2.05, 4.69) is 17.2 Å². The maximum atomic E-state index is 9.15. The molecule has 0 saturated carbocycles. The second kappa shape index (κ2) is 4.88. The fourth-order valence-electron chi connectivity index (χ4n) is 2.15. The van der Waals surface area contributed by atoms with E-state index in [0.29, 0.717) is 12.0 Å². The van der Waals surface area contributed by atoms with Crippen LogP contribution in [-0.4, -0.2) is 26.9 Å². The molecule has 0 saturated heterocycles. The first-order chi connectivity index (χ1) is 9.24. The minimum atomic E-state index is -1.44. The van der Waals surface area contributed by atoms with Gasteiger partial charge in [0.05, 0.1) is 18.3 Å². The zero-order chi connectivity index (χ0) is 13.2. The highest BCUT2D eigenvalue weighted by atomic mass is 16.4. The molecule has 0 radical (unpaired) electrons. The predicted octanol–water partition coefficient (Wildman–Crippen LogP) is 0.764. The van der Waals surface area contributed by atoms with Crippen molar-refractivity contribution in [3.8, 4) is 0 Å². The molecule has 0 unspecified atom stereocenters. The molecule has 94 valence electrons. The summed E-state index contributed by atoms with van der Waals surface area (Å²) in [6.07, 6.45) is 1.74. The van der Waals surface area contributed by atoms with E-state index in [4.69, 9.17) is 10.0 Å². The van der Waals surface area contributed by atoms with Crippen LogP contribution in [-0.2, 0) is 6.54 Å². The van der Waals surface area contributed by atoms with Crippen LogP contribution in [0.2, 0.25) is 0 Å². The second-order valence-corrected chi connectivity index (χ2v) is 4.48. The predicted molar refractivity (Wildman–Crippen MR) is 75.1 cm³/mol. The quantitative estimate of drug-likeness (QED) is 0.677. The second-order valence-electron chi connectivity index (χ2n) is 4.48. The Morgan fingerprint density at radius 2 is 1.84 bits per heavy atom. The molecule has 4 nitrogen and oxygen atoms in total. The highest BCUT2D eigenvalue weighted by Crippen LogP contribution is 2.13. The molecule has 0 amide bonds. The Bertz CT molecular complexity index is 695. The van der Waals surface area contributed by atoms with Gasteiger partial charge in [0.25, 0.3) is 0 Å². The van der Waals surface area contributed by atoms with Gasteiger partial charge in [-0.2, -0.15) is 5.10 Å². The number of benzene rings is 2. The highest BCUT2D eigenvalue weighted by molar-refractivity contribution is 6.58. The van der Waals surface area contributed by atoms with Gasteiger partial charge in [-0.3, -0.25) is 4.68 Å². The van der Waals surface area contributed by atoms with Crippen LogP contribution >= 0.6 is 0 Å². The Kier molecular flexibility index (Phi) is 3.07. The van der Waals surface area contributed by atoms with Crippen molar-refractivity contribution in [2.24, 2.45) is 0 Å². The fraction of sp³-hybridized carbons (Fsp3) is 0.0714. The third-order valence-electron chi connectivity index (χ3n) is 3.14. The van der Waals surface area contributed by atoms with E-state index in [0.717, 1.165) is 10.9 Å². The van der Waals surface area contributed by atoms with E-state index in [1.165, 1.54) is 5.56 Å². The molecule has 0 atom stereocenters. The molecule has 19 heavy (non-hydrogen) atoms. The average Bonchev–Trinajstić information content (AvgIpc) is 2.82. The highest BCUT2D eigenvalue weighted by Gasteiger charge is 2.12. The molecule has 0 aliphatic rings. The topological polar surface area (TPSA) is 58.3 Å². The molecule has 1 heterocycles. The van der Waals surface area contributed by atoms with Gasteiger partial charge < -0.3 is 10.0 Å². The number of rotatable bonds is 3. The summed E-state index contributed by atoms with van der Waals surface area (Å²) < 4.78 is 1.90. The molecule has 0 fully saturated rings. The summed E-state index contributed by atoms with van der Waals surface area (Å²) in [6.45, 7) is 0.700. The molecule has 0 spiro atoms. The van der Waals surface area contributed by atoms with Gasteiger partial charge >= 0.3 is 7.12 Å². The molecule has 2 aromatic carbocycles. The van der Waals surface area contributed by atoms with Gasteiger partial charge in [0.2, 0.25) is 0 Å². The van der Waals surface area contributed by atoms with Crippen molar-refractivity contribution in [2.75, 3.05) is 0 Å². The molecule has 0 bridgehead atoms. The molecule has 1 aromatic heterocycles. The summed E-state index contributed by atoms with van der Waals surface area (Å²) >= 11 is 0. The van der Waals surface area contributed by atoms with Crippen molar-refractivity contribution in [1.29, 1.82) is 0 Å². The summed E-state index contributed by atoms with van der Waals surface area (Å²) in [5, 5.41) is 23.6. The molecule has 5 heteroatoms. The van der Waals surface area contributed by atoms with Crippen LogP contribution in [0.5, 0.6) is 0 Å². The number of hydrogen-bond acceptors (Lipinski definition) is 3. The minimum Gasteiger partial charge on any atom is -0.423 e. The summed E-state index contributed by atoms with van der Waals surface area (Å²) in [6, 6.07) is 15.4. The molecular formula is C14H13BN2O2. The summed E-state index contributed by atoms with van der Waals surface area (Å²) in [4.78, 5) is 0. The Hall–Kier alpha value is -2.11. The molecule has 0 aliphatic heterocycles. The zero-order valence-electron chi connectivity index (χ0n) is 10.3. The van der Waals surface area contributed by atoms with Gasteiger partial charge in [0.1, 0.15) is 0 Å². The standard InChI is InChI=1S/C14H13BN2O2/c18-15(19)13-6-7-14-12(8-13)9-16-17(14)10-11-4-2-1-3-5-11/h1-9,18-19H,10H2. The van der Waals surface area contributed by atoms with Crippen molar-refractivity contribution in [2.45, 2.75) is 6.54 Å². The molecule has 2 N–H and O–H groups in total. The Morgan fingerprint density at radius 3 is 2.58 bits per heavy atom. The maximum Gasteiger partial charge on any atom is 0.488 e. The first-order valence-electron chi connectivity index (χ1n) is 6.09. The number of aromatic nitrogens is 2. The first kappa shape index (κ1) is 12.0. The van der Waals surface area contributed by atoms with Gasteiger partial charge in [-0.15, -0.1) is 0 Å². The Labute approximate surface area is 111 Å². The van der Waals surface area contributed by atoms with Crippen molar-refractivity contribution in [1.82, 2.24) is 9.78 Å². The van der Waals surface area contributed by atoms with Crippen molar-refractivity contribution in [3.63, 3.8) is 0 Å². The van der Waals surface area contributed by atoms with Crippen molar-refractivity contribution >= 4 is 23.5 Å². The van der Waals surface area contributed by atoms with Gasteiger partial charge in [0.15, 0.2) is 0 Å². The third kappa shape index (κ3) is 2.38. The largest absolute Gasteiger partial charge is 0.488 e. The van der Waals surface area contributed by atoms with Gasteiger partial charge in [-0.05, 0) is 17.1 Å². The molecule has 0 aliphatic carbocycles. The van der Waals surface area contributed by atoms with E-state index in [9.17, 15) is 0 Å². The van der Waals surface area contributed by atoms with Crippen LogP contribution < -0.4 is 5.46 Å². The lowest BCUT2D eigenvalue weighted by Gasteiger charge is -2.04. The lowest BCUT2D eigenvalue weighted by molar-refractivity contribution is 0.426. The Morgan fingerprint density at radius 1 is 1.05 bits per heavy atom. The van der Waals surface area contributed by atoms with Gasteiger partial charge in [-0.25, -0.2) is 0 Å². The lowest BCUT2D eigenvalue weighted by atomic mass is 9.80. The maximum absolute atomic E-state index is 9.15. The van der Waals surface area contributed by atoms with E-state index in [1.54, 1.807) is 18.3 Å². The lowest BCUT2D eigenvalue weighted by Crippen LogP contribution is -2.29. The van der Waals surface area contributed by atoms with Gasteiger partial charge in [-0.1, -0.05) is 42.5 Å². The monoisotopic (exact) mass is 252 g/mol. The van der Waals surface area contributed by atoms with Crippen LogP contribution in [0, 0.1) is 0 Å². The Balaban J connectivity index is 1.97. The van der Waals surface area contributed by atoms with Crippen molar-refractivity contribution in [3.05, 3.63) is 60.3 Å². The van der Waals surface area contributed by atoms with Crippen LogP contribution in [0.3, 0.4) is 0 Å².